The second-order valence-corrected chi connectivity index (χ2v) is 5.10. The fourth-order valence-electron chi connectivity index (χ4n) is 1.66. The van der Waals surface area contributed by atoms with Gasteiger partial charge < -0.3 is 5.32 Å². The van der Waals surface area contributed by atoms with E-state index in [9.17, 15) is 0 Å². The van der Waals surface area contributed by atoms with Gasteiger partial charge in [0.15, 0.2) is 0 Å². The molecule has 2 aromatic rings. The maximum atomic E-state index is 5.84. The maximum Gasteiger partial charge on any atom is 0.131 e. The zero-order valence-corrected chi connectivity index (χ0v) is 11.9. The van der Waals surface area contributed by atoms with Crippen LogP contribution in [0.25, 0.3) is 0 Å². The Hall–Kier alpha value is -1.06. The van der Waals surface area contributed by atoms with Gasteiger partial charge in [-0.25, -0.2) is 4.98 Å². The lowest BCUT2D eigenvalue weighted by Crippen LogP contribution is -1.93. The summed E-state index contributed by atoms with van der Waals surface area (Å²) in [5.41, 5.74) is 4.39. The summed E-state index contributed by atoms with van der Waals surface area (Å²) in [5.74, 6) is 0. The molecule has 0 bridgehead atoms. The van der Waals surface area contributed by atoms with Crippen molar-refractivity contribution < 1.29 is 0 Å². The fourth-order valence-corrected chi connectivity index (χ4v) is 2.07. The molecule has 0 saturated heterocycles. The first-order chi connectivity index (χ1) is 8.06. The van der Waals surface area contributed by atoms with Gasteiger partial charge in [-0.1, -0.05) is 27.5 Å². The van der Waals surface area contributed by atoms with Gasteiger partial charge in [0.25, 0.3) is 0 Å². The van der Waals surface area contributed by atoms with Gasteiger partial charge in [-0.15, -0.1) is 0 Å². The van der Waals surface area contributed by atoms with E-state index in [1.165, 1.54) is 11.1 Å². The number of nitrogens with one attached hydrogen (secondary N) is 1. The second kappa shape index (κ2) is 5.07. The molecule has 0 saturated carbocycles. The molecule has 0 radical (unpaired) electrons. The minimum absolute atomic E-state index is 0.487. The molecule has 0 unspecified atom stereocenters. The summed E-state index contributed by atoms with van der Waals surface area (Å²) in [6, 6.07) is 7.86. The van der Waals surface area contributed by atoms with E-state index >= 15 is 0 Å². The molecule has 2 nitrogen and oxygen atoms in total. The first-order valence-electron chi connectivity index (χ1n) is 5.21. The zero-order chi connectivity index (χ0) is 12.4. The largest absolute Gasteiger partial charge is 0.355 e. The molecule has 0 aliphatic carbocycles. The summed E-state index contributed by atoms with van der Waals surface area (Å²) in [5, 5.41) is 3.79. The molecule has 88 valence electrons. The number of halogens is 2. The van der Waals surface area contributed by atoms with E-state index in [4.69, 9.17) is 11.6 Å². The number of benzene rings is 1. The monoisotopic (exact) mass is 310 g/mol. The molecule has 0 atom stereocenters. The molecule has 0 spiro atoms. The summed E-state index contributed by atoms with van der Waals surface area (Å²) in [4.78, 5) is 3.95. The highest BCUT2D eigenvalue weighted by Crippen LogP contribution is 2.27. The highest BCUT2D eigenvalue weighted by molar-refractivity contribution is 9.10. The van der Waals surface area contributed by atoms with Gasteiger partial charge in [-0.3, -0.25) is 0 Å². The van der Waals surface area contributed by atoms with Crippen LogP contribution in [0.2, 0.25) is 5.15 Å². The van der Waals surface area contributed by atoms with Gasteiger partial charge in [-0.05, 0) is 49.2 Å². The van der Waals surface area contributed by atoms with Crippen molar-refractivity contribution >= 4 is 38.9 Å². The summed E-state index contributed by atoms with van der Waals surface area (Å²) >= 11 is 9.39. The quantitative estimate of drug-likeness (QED) is 0.801. The van der Waals surface area contributed by atoms with Crippen LogP contribution in [-0.4, -0.2) is 4.98 Å². The Morgan fingerprint density at radius 2 is 1.76 bits per heavy atom. The predicted octanol–water partition coefficient (Wildman–Crippen LogP) is 4.86. The standard InChI is InChI=1S/C13H12BrClN2/c1-8-5-11(6-9(2)13(8)14)17-10-3-4-16-12(15)7-10/h3-7H,1-2H3,(H,16,17). The van der Waals surface area contributed by atoms with E-state index in [0.29, 0.717) is 5.15 Å². The number of anilines is 2. The topological polar surface area (TPSA) is 24.9 Å². The van der Waals surface area contributed by atoms with Crippen LogP contribution in [0.4, 0.5) is 11.4 Å². The van der Waals surface area contributed by atoms with Crippen molar-refractivity contribution in [3.05, 3.63) is 51.2 Å². The molecular weight excluding hydrogens is 300 g/mol. The third-order valence-corrected chi connectivity index (χ3v) is 3.91. The minimum Gasteiger partial charge on any atom is -0.355 e. The van der Waals surface area contributed by atoms with E-state index in [2.05, 4.69) is 52.2 Å². The number of rotatable bonds is 2. The number of aromatic nitrogens is 1. The van der Waals surface area contributed by atoms with Crippen molar-refractivity contribution in [1.82, 2.24) is 4.98 Å². The summed E-state index contributed by atoms with van der Waals surface area (Å²) in [6.45, 7) is 4.14. The second-order valence-electron chi connectivity index (χ2n) is 3.92. The van der Waals surface area contributed by atoms with E-state index in [1.807, 2.05) is 6.07 Å². The zero-order valence-electron chi connectivity index (χ0n) is 9.59. The molecule has 0 aliphatic rings. The van der Waals surface area contributed by atoms with Crippen LogP contribution in [0.3, 0.4) is 0 Å². The van der Waals surface area contributed by atoms with E-state index in [0.717, 1.165) is 15.8 Å². The Morgan fingerprint density at radius 1 is 1.12 bits per heavy atom. The number of nitrogens with zero attached hydrogens (tertiary/aromatic N) is 1. The van der Waals surface area contributed by atoms with E-state index < -0.39 is 0 Å². The van der Waals surface area contributed by atoms with Crippen LogP contribution in [0.1, 0.15) is 11.1 Å². The van der Waals surface area contributed by atoms with Gasteiger partial charge in [0.1, 0.15) is 5.15 Å². The molecule has 1 aromatic carbocycles. The van der Waals surface area contributed by atoms with Crippen LogP contribution in [-0.2, 0) is 0 Å². The van der Waals surface area contributed by atoms with Gasteiger partial charge in [0, 0.05) is 22.0 Å². The van der Waals surface area contributed by atoms with Crippen molar-refractivity contribution in [3.8, 4) is 0 Å². The van der Waals surface area contributed by atoms with E-state index in [1.54, 1.807) is 12.3 Å². The first-order valence-corrected chi connectivity index (χ1v) is 6.38. The van der Waals surface area contributed by atoms with Gasteiger partial charge in [-0.2, -0.15) is 0 Å². The minimum atomic E-state index is 0.487. The van der Waals surface area contributed by atoms with Crippen LogP contribution in [0.15, 0.2) is 34.9 Å². The van der Waals surface area contributed by atoms with E-state index in [-0.39, 0.29) is 0 Å². The number of pyridine rings is 1. The van der Waals surface area contributed by atoms with Crippen molar-refractivity contribution in [2.24, 2.45) is 0 Å². The number of hydrogen-bond donors (Lipinski definition) is 1. The molecule has 17 heavy (non-hydrogen) atoms. The summed E-state index contributed by atoms with van der Waals surface area (Å²) < 4.78 is 1.15. The molecule has 0 aliphatic heterocycles. The van der Waals surface area contributed by atoms with Crippen molar-refractivity contribution in [2.75, 3.05) is 5.32 Å². The Kier molecular flexibility index (Phi) is 3.69. The molecule has 0 amide bonds. The Bertz CT molecular complexity index is 532. The van der Waals surface area contributed by atoms with Crippen molar-refractivity contribution in [2.45, 2.75) is 13.8 Å². The molecule has 0 fully saturated rings. The first kappa shape index (κ1) is 12.4. The molecule has 1 heterocycles. The van der Waals surface area contributed by atoms with Gasteiger partial charge in [0.2, 0.25) is 0 Å². The summed E-state index contributed by atoms with van der Waals surface area (Å²) in [6.07, 6.45) is 1.68. The average Bonchev–Trinajstić information content (AvgIpc) is 2.26. The lowest BCUT2D eigenvalue weighted by atomic mass is 10.1. The third-order valence-electron chi connectivity index (χ3n) is 2.45. The normalized spacial score (nSPS) is 10.4. The van der Waals surface area contributed by atoms with Crippen LogP contribution < -0.4 is 5.32 Å². The van der Waals surface area contributed by atoms with Crippen molar-refractivity contribution in [1.29, 1.82) is 0 Å². The van der Waals surface area contributed by atoms with Crippen LogP contribution in [0, 0.1) is 13.8 Å². The molecular formula is C13H12BrClN2. The lowest BCUT2D eigenvalue weighted by Gasteiger charge is -2.10. The van der Waals surface area contributed by atoms with Gasteiger partial charge in [0.05, 0.1) is 0 Å². The molecule has 2 rings (SSSR count). The maximum absolute atomic E-state index is 5.84. The molecule has 1 aromatic heterocycles. The Morgan fingerprint density at radius 3 is 2.35 bits per heavy atom. The smallest absolute Gasteiger partial charge is 0.131 e. The lowest BCUT2D eigenvalue weighted by molar-refractivity contribution is 1.31. The number of hydrogen-bond acceptors (Lipinski definition) is 2. The third kappa shape index (κ3) is 2.99. The highest BCUT2D eigenvalue weighted by atomic mass is 79.9. The molecule has 1 N–H and O–H groups in total. The highest BCUT2D eigenvalue weighted by Gasteiger charge is 2.03. The SMILES string of the molecule is Cc1cc(Nc2ccnc(Cl)c2)cc(C)c1Br. The van der Waals surface area contributed by atoms with Crippen molar-refractivity contribution in [3.63, 3.8) is 0 Å². The van der Waals surface area contributed by atoms with Gasteiger partial charge >= 0.3 is 0 Å². The number of aryl methyl sites for hydroxylation is 2. The Balaban J connectivity index is 2.31. The summed E-state index contributed by atoms with van der Waals surface area (Å²) in [7, 11) is 0. The predicted molar refractivity (Wildman–Crippen MR) is 76.1 cm³/mol. The van der Waals surface area contributed by atoms with Crippen LogP contribution in [0.5, 0.6) is 0 Å². The molecule has 4 heteroatoms. The fraction of sp³-hybridized carbons (Fsp3) is 0.154. The average molecular weight is 312 g/mol. The van der Waals surface area contributed by atoms with Crippen LogP contribution >= 0.6 is 27.5 Å². The Labute approximate surface area is 114 Å².